The van der Waals surface area contributed by atoms with Crippen LogP contribution in [0.1, 0.15) is 27.3 Å². The number of benzene rings is 1. The van der Waals surface area contributed by atoms with Gasteiger partial charge in [-0.15, -0.1) is 10.2 Å². The lowest BCUT2D eigenvalue weighted by Gasteiger charge is -2.26. The molecule has 2 aliphatic heterocycles. The van der Waals surface area contributed by atoms with Crippen molar-refractivity contribution in [3.63, 3.8) is 0 Å². The highest BCUT2D eigenvalue weighted by atomic mass is 16.5. The molecule has 9 heteroatoms. The highest BCUT2D eigenvalue weighted by Crippen LogP contribution is 2.24. The van der Waals surface area contributed by atoms with E-state index in [9.17, 15) is 4.79 Å². The first-order valence-corrected chi connectivity index (χ1v) is 11.3. The molecule has 1 amide bonds. The van der Waals surface area contributed by atoms with Crippen molar-refractivity contribution in [1.29, 1.82) is 0 Å². The van der Waals surface area contributed by atoms with Crippen LogP contribution in [0.3, 0.4) is 0 Å². The molecule has 1 fully saturated rings. The number of morpholine rings is 1. The molecule has 6 rings (SSSR count). The predicted molar refractivity (Wildman–Crippen MR) is 128 cm³/mol. The molecule has 4 aromatic rings. The second-order valence-corrected chi connectivity index (χ2v) is 8.35. The van der Waals surface area contributed by atoms with Gasteiger partial charge in [-0.2, -0.15) is 9.61 Å². The van der Waals surface area contributed by atoms with Gasteiger partial charge in [-0.1, -0.05) is 18.2 Å². The number of pyridine rings is 1. The molecule has 9 nitrogen and oxygen atoms in total. The smallest absolute Gasteiger partial charge is 0.255 e. The molecule has 0 unspecified atom stereocenters. The van der Waals surface area contributed by atoms with Crippen molar-refractivity contribution in [3.8, 4) is 11.3 Å². The maximum absolute atomic E-state index is 12.9. The highest BCUT2D eigenvalue weighted by Gasteiger charge is 2.20. The molecule has 1 aromatic carbocycles. The summed E-state index contributed by atoms with van der Waals surface area (Å²) in [6.07, 6.45) is 8.16. The minimum atomic E-state index is -0.0420. The molecular weight excluding hydrogens is 430 g/mol. The summed E-state index contributed by atoms with van der Waals surface area (Å²) in [5.41, 5.74) is 6.12. The Balaban J connectivity index is 1.29. The molecule has 0 spiro atoms. The first-order valence-electron chi connectivity index (χ1n) is 11.3. The Labute approximate surface area is 196 Å². The van der Waals surface area contributed by atoms with Crippen LogP contribution in [0.2, 0.25) is 0 Å². The van der Waals surface area contributed by atoms with Gasteiger partial charge >= 0.3 is 0 Å². The van der Waals surface area contributed by atoms with Gasteiger partial charge in [0.2, 0.25) is 0 Å². The van der Waals surface area contributed by atoms with E-state index in [-0.39, 0.29) is 5.91 Å². The monoisotopic (exact) mass is 453 g/mol. The van der Waals surface area contributed by atoms with Crippen LogP contribution in [0, 0.1) is 0 Å². The molecule has 1 saturated heterocycles. The zero-order valence-electron chi connectivity index (χ0n) is 18.5. The Kier molecular flexibility index (Phi) is 5.23. The van der Waals surface area contributed by atoms with Gasteiger partial charge in [-0.25, -0.2) is 0 Å². The first-order chi connectivity index (χ1) is 16.7. The molecule has 0 aliphatic carbocycles. The molecule has 5 heterocycles. The standard InChI is InChI=1S/C25H23N7O2/c33-25(31-8-10-34-11-9-31)20-14-19(15-26-16-20)22-5-6-23-28-29-24(32(23)30-22)13-17-3-4-21-18(12-17)2-1-7-27-21/h1-6,12,14-16,27H,7-11,13H2. The van der Waals surface area contributed by atoms with Gasteiger partial charge in [0.1, 0.15) is 0 Å². The number of fused-ring (bicyclic) bond motifs is 2. The number of hydrogen-bond donors (Lipinski definition) is 1. The SMILES string of the molecule is O=C(c1cncc(-c2ccc3nnc(Cc4ccc5c(c4)C=CCN5)n3n2)c1)N1CCOCC1. The summed E-state index contributed by atoms with van der Waals surface area (Å²) >= 11 is 0. The molecule has 0 bridgehead atoms. The molecule has 0 saturated carbocycles. The lowest BCUT2D eigenvalue weighted by atomic mass is 10.0. The van der Waals surface area contributed by atoms with Crippen molar-refractivity contribution < 1.29 is 9.53 Å². The molecule has 0 atom stereocenters. The zero-order chi connectivity index (χ0) is 22.9. The van der Waals surface area contributed by atoms with E-state index in [1.54, 1.807) is 21.8 Å². The minimum Gasteiger partial charge on any atom is -0.381 e. The highest BCUT2D eigenvalue weighted by molar-refractivity contribution is 5.95. The summed E-state index contributed by atoms with van der Waals surface area (Å²) < 4.78 is 7.12. The third-order valence-corrected chi connectivity index (χ3v) is 6.09. The maximum Gasteiger partial charge on any atom is 0.255 e. The van der Waals surface area contributed by atoms with E-state index in [1.807, 2.05) is 18.2 Å². The lowest BCUT2D eigenvalue weighted by Crippen LogP contribution is -2.40. The van der Waals surface area contributed by atoms with Crippen LogP contribution in [0.5, 0.6) is 0 Å². The van der Waals surface area contributed by atoms with Gasteiger partial charge in [-0.3, -0.25) is 9.78 Å². The number of rotatable bonds is 4. The van der Waals surface area contributed by atoms with E-state index in [0.717, 1.165) is 29.2 Å². The van der Waals surface area contributed by atoms with Crippen LogP contribution in [-0.4, -0.2) is 68.5 Å². The first kappa shape index (κ1) is 20.5. The normalized spacial score (nSPS) is 15.2. The average molecular weight is 454 g/mol. The Morgan fingerprint density at radius 1 is 1.06 bits per heavy atom. The molecule has 0 radical (unpaired) electrons. The number of anilines is 1. The predicted octanol–water partition coefficient (Wildman–Crippen LogP) is 2.69. The fourth-order valence-electron chi connectivity index (χ4n) is 4.30. The van der Waals surface area contributed by atoms with Crippen molar-refractivity contribution in [2.24, 2.45) is 0 Å². The second-order valence-electron chi connectivity index (χ2n) is 8.35. The van der Waals surface area contributed by atoms with Crippen LogP contribution < -0.4 is 5.32 Å². The van der Waals surface area contributed by atoms with Crippen LogP contribution in [0.4, 0.5) is 5.69 Å². The van der Waals surface area contributed by atoms with Crippen molar-refractivity contribution in [2.45, 2.75) is 6.42 Å². The largest absolute Gasteiger partial charge is 0.381 e. The number of hydrogen-bond acceptors (Lipinski definition) is 7. The molecular formula is C25H23N7O2. The van der Waals surface area contributed by atoms with E-state index in [4.69, 9.17) is 9.84 Å². The number of aromatic nitrogens is 5. The Morgan fingerprint density at radius 2 is 1.97 bits per heavy atom. The van der Waals surface area contributed by atoms with Gasteiger partial charge in [-0.05, 0) is 41.5 Å². The number of carbonyl (C=O) groups excluding carboxylic acids is 1. The number of nitrogens with zero attached hydrogens (tertiary/aromatic N) is 6. The van der Waals surface area contributed by atoms with Crippen molar-refractivity contribution >= 4 is 23.3 Å². The van der Waals surface area contributed by atoms with Crippen molar-refractivity contribution in [2.75, 3.05) is 38.2 Å². The quantitative estimate of drug-likeness (QED) is 0.507. The zero-order valence-corrected chi connectivity index (χ0v) is 18.5. The van der Waals surface area contributed by atoms with Gasteiger partial charge in [0.25, 0.3) is 5.91 Å². The van der Waals surface area contributed by atoms with Gasteiger partial charge in [0.15, 0.2) is 11.5 Å². The second kappa shape index (κ2) is 8.68. The fourth-order valence-corrected chi connectivity index (χ4v) is 4.30. The number of nitrogens with one attached hydrogen (secondary N) is 1. The summed E-state index contributed by atoms with van der Waals surface area (Å²) in [5, 5.41) is 16.8. The molecule has 3 aromatic heterocycles. The Hall–Kier alpha value is -4.11. The van der Waals surface area contributed by atoms with Gasteiger partial charge < -0.3 is 15.0 Å². The maximum atomic E-state index is 12.9. The van der Waals surface area contributed by atoms with Crippen LogP contribution in [0.15, 0.2) is 54.9 Å². The number of ether oxygens (including phenoxy) is 1. The van der Waals surface area contributed by atoms with E-state index < -0.39 is 0 Å². The van der Waals surface area contributed by atoms with Crippen molar-refractivity contribution in [1.82, 2.24) is 29.7 Å². The van der Waals surface area contributed by atoms with Crippen LogP contribution >= 0.6 is 0 Å². The van der Waals surface area contributed by atoms with Gasteiger partial charge in [0.05, 0.1) is 24.5 Å². The lowest BCUT2D eigenvalue weighted by molar-refractivity contribution is 0.0302. The van der Waals surface area contributed by atoms with E-state index >= 15 is 0 Å². The summed E-state index contributed by atoms with van der Waals surface area (Å²) in [5.74, 6) is 0.706. The molecule has 170 valence electrons. The minimum absolute atomic E-state index is 0.0420. The third kappa shape index (κ3) is 3.90. The molecule has 2 aliphatic rings. The summed E-state index contributed by atoms with van der Waals surface area (Å²) in [6, 6.07) is 12.0. The van der Waals surface area contributed by atoms with Crippen molar-refractivity contribution in [3.05, 3.63) is 77.4 Å². The number of amides is 1. The third-order valence-electron chi connectivity index (χ3n) is 6.09. The van der Waals surface area contributed by atoms with Crippen LogP contribution in [0.25, 0.3) is 23.0 Å². The summed E-state index contributed by atoms with van der Waals surface area (Å²) in [4.78, 5) is 19.0. The topological polar surface area (TPSA) is 97.5 Å². The Bertz CT molecular complexity index is 1410. The summed E-state index contributed by atoms with van der Waals surface area (Å²) in [7, 11) is 0. The fraction of sp³-hybridized carbons (Fsp3) is 0.240. The van der Waals surface area contributed by atoms with Crippen LogP contribution in [-0.2, 0) is 11.2 Å². The average Bonchev–Trinajstić information content (AvgIpc) is 3.30. The van der Waals surface area contributed by atoms with Gasteiger partial charge in [0, 0.05) is 49.7 Å². The molecule has 34 heavy (non-hydrogen) atoms. The van der Waals surface area contributed by atoms with E-state index in [0.29, 0.717) is 49.6 Å². The van der Waals surface area contributed by atoms with E-state index in [2.05, 4.69) is 50.8 Å². The van der Waals surface area contributed by atoms with E-state index in [1.165, 1.54) is 5.56 Å². The Morgan fingerprint density at radius 3 is 2.88 bits per heavy atom. The summed E-state index contributed by atoms with van der Waals surface area (Å²) in [6.45, 7) is 3.15. The molecule has 1 N–H and O–H groups in total. The number of carbonyl (C=O) groups is 1.